The van der Waals surface area contributed by atoms with E-state index in [1.165, 1.54) is 22.3 Å². The lowest BCUT2D eigenvalue weighted by Crippen LogP contribution is -2.07. The zero-order chi connectivity index (χ0) is 13.0. The Morgan fingerprint density at radius 3 is 1.67 bits per heavy atom. The van der Waals surface area contributed by atoms with Crippen molar-refractivity contribution < 1.29 is 0 Å². The molecular formula is C16H18BN. The summed E-state index contributed by atoms with van der Waals surface area (Å²) in [7, 11) is 6.21. The van der Waals surface area contributed by atoms with Crippen LogP contribution in [0.1, 0.15) is 11.1 Å². The minimum absolute atomic E-state index is 1.22. The molecule has 0 radical (unpaired) electrons. The molecule has 0 aliphatic carbocycles. The number of nitrogens with zero attached hydrogens (tertiary/aromatic N) is 1. The SMILES string of the molecule is Bc1ccc(/C=C/c2ccc(N(C)C)cc2)cc1. The molecule has 0 spiro atoms. The van der Waals surface area contributed by atoms with Gasteiger partial charge in [0, 0.05) is 19.8 Å². The van der Waals surface area contributed by atoms with E-state index in [-0.39, 0.29) is 0 Å². The lowest BCUT2D eigenvalue weighted by atomic mass is 9.95. The summed E-state index contributed by atoms with van der Waals surface area (Å²) in [5.74, 6) is 0. The van der Waals surface area contributed by atoms with Gasteiger partial charge in [0.15, 0.2) is 0 Å². The maximum Gasteiger partial charge on any atom is 0.139 e. The molecule has 0 aromatic heterocycles. The molecule has 2 aromatic carbocycles. The first-order valence-corrected chi connectivity index (χ1v) is 6.17. The zero-order valence-corrected chi connectivity index (χ0v) is 11.2. The summed E-state index contributed by atoms with van der Waals surface area (Å²) in [6.45, 7) is 0. The highest BCUT2D eigenvalue weighted by atomic mass is 15.1. The van der Waals surface area contributed by atoms with Crippen LogP contribution in [0, 0.1) is 0 Å². The molecule has 0 saturated carbocycles. The van der Waals surface area contributed by atoms with Crippen molar-refractivity contribution in [2.24, 2.45) is 0 Å². The van der Waals surface area contributed by atoms with Crippen molar-refractivity contribution in [1.82, 2.24) is 0 Å². The fourth-order valence-corrected chi connectivity index (χ4v) is 1.75. The molecule has 0 saturated heterocycles. The average Bonchev–Trinajstić information content (AvgIpc) is 2.38. The van der Waals surface area contributed by atoms with Crippen LogP contribution in [0.2, 0.25) is 0 Å². The Morgan fingerprint density at radius 1 is 0.778 bits per heavy atom. The minimum Gasteiger partial charge on any atom is -0.378 e. The van der Waals surface area contributed by atoms with E-state index in [4.69, 9.17) is 0 Å². The van der Waals surface area contributed by atoms with E-state index >= 15 is 0 Å². The number of benzene rings is 2. The predicted molar refractivity (Wildman–Crippen MR) is 84.3 cm³/mol. The average molecular weight is 235 g/mol. The third-order valence-electron chi connectivity index (χ3n) is 2.96. The fraction of sp³-hybridized carbons (Fsp3) is 0.125. The molecule has 0 atom stereocenters. The molecule has 0 aliphatic heterocycles. The Balaban J connectivity index is 2.11. The molecule has 18 heavy (non-hydrogen) atoms. The van der Waals surface area contributed by atoms with Crippen molar-refractivity contribution >= 4 is 31.1 Å². The van der Waals surface area contributed by atoms with Gasteiger partial charge in [0.2, 0.25) is 0 Å². The lowest BCUT2D eigenvalue weighted by Gasteiger charge is -2.11. The van der Waals surface area contributed by atoms with Crippen LogP contribution in [0.3, 0.4) is 0 Å². The molecule has 0 heterocycles. The maximum atomic E-state index is 2.14. The third-order valence-corrected chi connectivity index (χ3v) is 2.96. The van der Waals surface area contributed by atoms with Gasteiger partial charge in [-0.15, -0.1) is 0 Å². The van der Waals surface area contributed by atoms with Crippen LogP contribution in [0.5, 0.6) is 0 Å². The van der Waals surface area contributed by atoms with Gasteiger partial charge in [-0.05, 0) is 23.3 Å². The van der Waals surface area contributed by atoms with E-state index < -0.39 is 0 Å². The molecule has 0 fully saturated rings. The second-order valence-corrected chi connectivity index (χ2v) is 4.73. The molecule has 2 aromatic rings. The molecule has 2 heteroatoms. The smallest absolute Gasteiger partial charge is 0.139 e. The van der Waals surface area contributed by atoms with Crippen LogP contribution in [0.15, 0.2) is 48.5 Å². The third kappa shape index (κ3) is 3.27. The molecule has 0 amide bonds. The van der Waals surface area contributed by atoms with E-state index in [1.54, 1.807) is 0 Å². The van der Waals surface area contributed by atoms with E-state index in [1.807, 2.05) is 0 Å². The fourth-order valence-electron chi connectivity index (χ4n) is 1.75. The van der Waals surface area contributed by atoms with Crippen LogP contribution in [0.25, 0.3) is 12.2 Å². The molecule has 1 nitrogen and oxygen atoms in total. The van der Waals surface area contributed by atoms with Gasteiger partial charge in [-0.2, -0.15) is 0 Å². The topological polar surface area (TPSA) is 3.24 Å². The first-order chi connectivity index (χ1) is 8.65. The molecule has 2 rings (SSSR count). The van der Waals surface area contributed by atoms with Gasteiger partial charge in [0.25, 0.3) is 0 Å². The zero-order valence-electron chi connectivity index (χ0n) is 11.2. The van der Waals surface area contributed by atoms with Crippen molar-refractivity contribution in [2.45, 2.75) is 0 Å². The number of rotatable bonds is 3. The minimum atomic E-state index is 1.22. The van der Waals surface area contributed by atoms with Crippen LogP contribution >= 0.6 is 0 Å². The van der Waals surface area contributed by atoms with Gasteiger partial charge in [0.1, 0.15) is 7.85 Å². The van der Waals surface area contributed by atoms with Crippen molar-refractivity contribution in [3.63, 3.8) is 0 Å². The summed E-state index contributed by atoms with van der Waals surface area (Å²) in [5.41, 5.74) is 4.98. The second-order valence-electron chi connectivity index (χ2n) is 4.73. The number of hydrogen-bond donors (Lipinski definition) is 0. The normalized spacial score (nSPS) is 10.8. The van der Waals surface area contributed by atoms with Crippen LogP contribution < -0.4 is 10.4 Å². The van der Waals surface area contributed by atoms with Gasteiger partial charge in [0.05, 0.1) is 0 Å². The van der Waals surface area contributed by atoms with Crippen molar-refractivity contribution in [2.75, 3.05) is 19.0 Å². The highest BCUT2D eigenvalue weighted by Crippen LogP contribution is 2.14. The summed E-state index contributed by atoms with van der Waals surface area (Å²) in [5, 5.41) is 0. The molecule has 0 unspecified atom stereocenters. The van der Waals surface area contributed by atoms with Crippen molar-refractivity contribution in [1.29, 1.82) is 0 Å². The second kappa shape index (κ2) is 5.59. The van der Waals surface area contributed by atoms with Crippen molar-refractivity contribution in [3.05, 3.63) is 59.7 Å². The first kappa shape index (κ1) is 12.5. The molecule has 0 N–H and O–H groups in total. The first-order valence-electron chi connectivity index (χ1n) is 6.17. The van der Waals surface area contributed by atoms with Gasteiger partial charge in [-0.3, -0.25) is 0 Å². The molecule has 90 valence electrons. The summed E-state index contributed by atoms with van der Waals surface area (Å²) in [4.78, 5) is 2.10. The Kier molecular flexibility index (Phi) is 3.88. The van der Waals surface area contributed by atoms with Crippen LogP contribution in [-0.2, 0) is 0 Å². The highest BCUT2D eigenvalue weighted by Gasteiger charge is 1.93. The Morgan fingerprint density at radius 2 is 1.22 bits per heavy atom. The number of anilines is 1. The van der Waals surface area contributed by atoms with Crippen molar-refractivity contribution in [3.8, 4) is 0 Å². The Bertz CT molecular complexity index is 524. The maximum absolute atomic E-state index is 2.14. The van der Waals surface area contributed by atoms with E-state index in [2.05, 4.69) is 87.5 Å². The lowest BCUT2D eigenvalue weighted by molar-refractivity contribution is 1.13. The van der Waals surface area contributed by atoms with Gasteiger partial charge < -0.3 is 4.90 Å². The highest BCUT2D eigenvalue weighted by molar-refractivity contribution is 6.32. The Hall–Kier alpha value is -1.96. The summed E-state index contributed by atoms with van der Waals surface area (Å²) in [6.07, 6.45) is 4.29. The van der Waals surface area contributed by atoms with Gasteiger partial charge in [-0.1, -0.05) is 54.0 Å². The molecule has 0 aliphatic rings. The van der Waals surface area contributed by atoms with Crippen LogP contribution in [-0.4, -0.2) is 21.9 Å². The number of hydrogen-bond acceptors (Lipinski definition) is 1. The van der Waals surface area contributed by atoms with Gasteiger partial charge in [-0.25, -0.2) is 0 Å². The van der Waals surface area contributed by atoms with Crippen LogP contribution in [0.4, 0.5) is 5.69 Å². The summed E-state index contributed by atoms with van der Waals surface area (Å²) >= 11 is 0. The van der Waals surface area contributed by atoms with Gasteiger partial charge >= 0.3 is 0 Å². The molecule has 0 bridgehead atoms. The summed E-state index contributed by atoms with van der Waals surface area (Å²) < 4.78 is 0. The van der Waals surface area contributed by atoms with E-state index in [0.717, 1.165) is 0 Å². The quantitative estimate of drug-likeness (QED) is 0.582. The van der Waals surface area contributed by atoms with E-state index in [0.29, 0.717) is 0 Å². The predicted octanol–water partition coefficient (Wildman–Crippen LogP) is 2.18. The Labute approximate surface area is 110 Å². The van der Waals surface area contributed by atoms with E-state index in [9.17, 15) is 0 Å². The molecular weight excluding hydrogens is 217 g/mol. The standard InChI is InChI=1S/C16H18BN/c1-18(2)16-11-7-14(8-12-16)4-3-13-5-9-15(17)10-6-13/h3-12H,17H2,1-2H3/b4-3+. The summed E-state index contributed by atoms with van der Waals surface area (Å²) in [6, 6.07) is 17.1. The monoisotopic (exact) mass is 235 g/mol. The largest absolute Gasteiger partial charge is 0.378 e.